The van der Waals surface area contributed by atoms with Crippen LogP contribution in [0.3, 0.4) is 0 Å². The predicted molar refractivity (Wildman–Crippen MR) is 109 cm³/mol. The van der Waals surface area contributed by atoms with E-state index >= 15 is 0 Å². The number of amides is 2. The maximum atomic E-state index is 12.9. The van der Waals surface area contributed by atoms with Gasteiger partial charge in [-0.05, 0) is 51.1 Å². The van der Waals surface area contributed by atoms with E-state index in [1.54, 1.807) is 43.5 Å². The van der Waals surface area contributed by atoms with Crippen molar-refractivity contribution in [2.45, 2.75) is 0 Å². The fourth-order valence-electron chi connectivity index (χ4n) is 3.26. The lowest BCUT2D eigenvalue weighted by Crippen LogP contribution is -2.36. The second-order valence-electron chi connectivity index (χ2n) is 6.11. The molecule has 4 rings (SSSR count). The molecule has 6 nitrogen and oxygen atoms in total. The smallest absolute Gasteiger partial charge is 0.282 e. The average molecular weight is 439 g/mol. The number of nitrogens with zero attached hydrogens (tertiary/aromatic N) is 2. The summed E-state index contributed by atoms with van der Waals surface area (Å²) in [5.41, 5.74) is 1.55. The van der Waals surface area contributed by atoms with Gasteiger partial charge >= 0.3 is 0 Å². The maximum Gasteiger partial charge on any atom is 0.282 e. The molecule has 1 aliphatic heterocycles. The minimum Gasteiger partial charge on any atom is -0.493 e. The lowest BCUT2D eigenvalue weighted by atomic mass is 9.95. The molecule has 0 saturated heterocycles. The predicted octanol–water partition coefficient (Wildman–Crippen LogP) is 4.25. The van der Waals surface area contributed by atoms with Gasteiger partial charge in [-0.3, -0.25) is 9.59 Å². The Morgan fingerprint density at radius 2 is 1.61 bits per heavy atom. The fourth-order valence-corrected chi connectivity index (χ4v) is 3.88. The molecule has 0 radical (unpaired) electrons. The summed E-state index contributed by atoms with van der Waals surface area (Å²) < 4.78 is 11.3. The monoisotopic (exact) mass is 438 g/mol. The molecule has 1 heterocycles. The highest BCUT2D eigenvalue weighted by molar-refractivity contribution is 9.10. The van der Waals surface area contributed by atoms with E-state index in [1.807, 2.05) is 12.1 Å². The Hall–Kier alpha value is -3.19. The summed E-state index contributed by atoms with van der Waals surface area (Å²) in [6.07, 6.45) is 1.44. The van der Waals surface area contributed by atoms with Gasteiger partial charge in [-0.1, -0.05) is 24.3 Å². The highest BCUT2D eigenvalue weighted by Crippen LogP contribution is 2.36. The molecule has 3 aromatic carbocycles. The van der Waals surface area contributed by atoms with Crippen molar-refractivity contribution in [3.8, 4) is 11.5 Å². The minimum atomic E-state index is -0.454. The van der Waals surface area contributed by atoms with Gasteiger partial charge in [-0.25, -0.2) is 0 Å². The van der Waals surface area contributed by atoms with Gasteiger partial charge < -0.3 is 9.47 Å². The molecule has 0 N–H and O–H groups in total. The van der Waals surface area contributed by atoms with Crippen molar-refractivity contribution in [3.05, 3.63) is 69.7 Å². The van der Waals surface area contributed by atoms with Crippen molar-refractivity contribution in [3.63, 3.8) is 0 Å². The topological polar surface area (TPSA) is 68.2 Å². The third kappa shape index (κ3) is 2.84. The molecule has 0 saturated carbocycles. The molecule has 1 aliphatic rings. The Morgan fingerprint density at radius 1 is 0.964 bits per heavy atom. The summed E-state index contributed by atoms with van der Waals surface area (Å²) in [5, 5.41) is 6.57. The normalized spacial score (nSPS) is 13.5. The standard InChI is InChI=1S/C21H15BrN2O4/c1-27-17-10-12(9-16(22)19(17)28-2)11-23-24-20(25)14-7-3-5-13-6-4-8-15(18(13)14)21(24)26/h3-11H,1-2H3/b23-11-. The van der Waals surface area contributed by atoms with Gasteiger partial charge in [0.2, 0.25) is 0 Å². The Balaban J connectivity index is 1.75. The van der Waals surface area contributed by atoms with Crippen molar-refractivity contribution in [1.82, 2.24) is 5.01 Å². The lowest BCUT2D eigenvalue weighted by Gasteiger charge is -2.23. The number of hydrogen-bond donors (Lipinski definition) is 0. The molecule has 0 aliphatic carbocycles. The molecule has 2 amide bonds. The van der Waals surface area contributed by atoms with E-state index in [4.69, 9.17) is 9.47 Å². The van der Waals surface area contributed by atoms with Crippen LogP contribution in [0.1, 0.15) is 26.3 Å². The van der Waals surface area contributed by atoms with Crippen LogP contribution in [0, 0.1) is 0 Å². The molecule has 0 bridgehead atoms. The summed E-state index contributed by atoms with van der Waals surface area (Å²) in [7, 11) is 3.07. The summed E-state index contributed by atoms with van der Waals surface area (Å²) in [4.78, 5) is 25.7. The molecular weight excluding hydrogens is 424 g/mol. The number of carbonyl (C=O) groups excluding carboxylic acids is 2. The number of ether oxygens (including phenoxy) is 2. The summed E-state index contributed by atoms with van der Waals surface area (Å²) in [5.74, 6) is 0.144. The molecule has 3 aromatic rings. The Bertz CT molecular complexity index is 1110. The molecule has 28 heavy (non-hydrogen) atoms. The highest BCUT2D eigenvalue weighted by atomic mass is 79.9. The second kappa shape index (κ2) is 7.09. The van der Waals surface area contributed by atoms with Gasteiger partial charge in [-0.15, -0.1) is 0 Å². The first kappa shape index (κ1) is 18.2. The number of rotatable bonds is 4. The van der Waals surface area contributed by atoms with Crippen LogP contribution in [0.25, 0.3) is 10.8 Å². The molecule has 0 spiro atoms. The maximum absolute atomic E-state index is 12.9. The molecule has 0 aromatic heterocycles. The van der Waals surface area contributed by atoms with Gasteiger partial charge in [0, 0.05) is 5.39 Å². The summed E-state index contributed by atoms with van der Waals surface area (Å²) in [6.45, 7) is 0. The third-order valence-electron chi connectivity index (χ3n) is 4.53. The van der Waals surface area contributed by atoms with E-state index < -0.39 is 11.8 Å². The van der Waals surface area contributed by atoms with E-state index in [-0.39, 0.29) is 0 Å². The van der Waals surface area contributed by atoms with Crippen LogP contribution in [0.5, 0.6) is 11.5 Å². The average Bonchev–Trinajstić information content (AvgIpc) is 2.71. The van der Waals surface area contributed by atoms with Crippen LogP contribution in [0.15, 0.2) is 58.1 Å². The van der Waals surface area contributed by atoms with Crippen LogP contribution >= 0.6 is 15.9 Å². The summed E-state index contributed by atoms with van der Waals surface area (Å²) in [6, 6.07) is 14.2. The van der Waals surface area contributed by atoms with Gasteiger partial charge in [0.25, 0.3) is 11.8 Å². The first-order valence-electron chi connectivity index (χ1n) is 8.41. The minimum absolute atomic E-state index is 0.454. The van der Waals surface area contributed by atoms with Crippen LogP contribution in [0.4, 0.5) is 0 Å². The van der Waals surface area contributed by atoms with Gasteiger partial charge in [0.1, 0.15) is 0 Å². The molecule has 7 heteroatoms. The second-order valence-corrected chi connectivity index (χ2v) is 6.97. The zero-order valence-corrected chi connectivity index (χ0v) is 16.7. The fraction of sp³-hybridized carbons (Fsp3) is 0.0952. The first-order chi connectivity index (χ1) is 13.5. The molecule has 140 valence electrons. The first-order valence-corrected chi connectivity index (χ1v) is 9.20. The number of benzene rings is 3. The zero-order valence-electron chi connectivity index (χ0n) is 15.1. The Labute approximate surface area is 169 Å². The van der Waals surface area contributed by atoms with Crippen LogP contribution in [0.2, 0.25) is 0 Å². The van der Waals surface area contributed by atoms with Crippen LogP contribution in [-0.2, 0) is 0 Å². The van der Waals surface area contributed by atoms with E-state index in [0.717, 1.165) is 10.4 Å². The Morgan fingerprint density at radius 3 is 2.18 bits per heavy atom. The number of carbonyl (C=O) groups is 2. The van der Waals surface area contributed by atoms with Crippen molar-refractivity contribution in [1.29, 1.82) is 0 Å². The lowest BCUT2D eigenvalue weighted by molar-refractivity contribution is 0.0616. The number of methoxy groups -OCH3 is 2. The SMILES string of the molecule is COc1cc(/C=N\N2C(=O)c3cccc4cccc(c34)C2=O)cc(Br)c1OC. The van der Waals surface area contributed by atoms with Gasteiger partial charge in [0.15, 0.2) is 11.5 Å². The molecular formula is C21H15BrN2O4. The molecule has 0 fully saturated rings. The third-order valence-corrected chi connectivity index (χ3v) is 5.12. The van der Waals surface area contributed by atoms with Crippen molar-refractivity contribution >= 4 is 44.7 Å². The van der Waals surface area contributed by atoms with Gasteiger partial charge in [0.05, 0.1) is 36.0 Å². The molecule has 0 unspecified atom stereocenters. The summed E-state index contributed by atoms with van der Waals surface area (Å²) >= 11 is 3.42. The van der Waals surface area contributed by atoms with Crippen molar-refractivity contribution in [2.24, 2.45) is 5.10 Å². The number of hydrogen-bond acceptors (Lipinski definition) is 5. The van der Waals surface area contributed by atoms with E-state index in [0.29, 0.717) is 38.0 Å². The van der Waals surface area contributed by atoms with Crippen LogP contribution in [-0.4, -0.2) is 37.3 Å². The van der Waals surface area contributed by atoms with E-state index in [2.05, 4.69) is 21.0 Å². The Kier molecular flexibility index (Phi) is 4.60. The highest BCUT2D eigenvalue weighted by Gasteiger charge is 2.32. The number of halogens is 1. The number of hydrazone groups is 1. The number of imide groups is 1. The molecule has 0 atom stereocenters. The van der Waals surface area contributed by atoms with Crippen molar-refractivity contribution in [2.75, 3.05) is 14.2 Å². The van der Waals surface area contributed by atoms with Crippen LogP contribution < -0.4 is 9.47 Å². The largest absolute Gasteiger partial charge is 0.493 e. The van der Waals surface area contributed by atoms with Gasteiger partial charge in [-0.2, -0.15) is 10.1 Å². The zero-order chi connectivity index (χ0) is 19.8. The van der Waals surface area contributed by atoms with E-state index in [1.165, 1.54) is 13.3 Å². The van der Waals surface area contributed by atoms with E-state index in [9.17, 15) is 9.59 Å². The quantitative estimate of drug-likeness (QED) is 0.450. The van der Waals surface area contributed by atoms with Crippen molar-refractivity contribution < 1.29 is 19.1 Å².